The van der Waals surface area contributed by atoms with Gasteiger partial charge in [0.1, 0.15) is 11.4 Å². The van der Waals surface area contributed by atoms with Gasteiger partial charge in [0.05, 0.1) is 16.9 Å². The minimum Gasteiger partial charge on any atom is -0.508 e. The van der Waals surface area contributed by atoms with E-state index in [-0.39, 0.29) is 0 Å². The Bertz CT molecular complexity index is 1170. The molecule has 1 aliphatic rings. The number of aromatic hydroxyl groups is 1. The zero-order valence-corrected chi connectivity index (χ0v) is 16.0. The van der Waals surface area contributed by atoms with Crippen molar-refractivity contribution < 1.29 is 5.11 Å². The lowest BCUT2D eigenvalue weighted by molar-refractivity contribution is 0.368. The lowest BCUT2D eigenvalue weighted by Crippen LogP contribution is -2.21. The highest BCUT2D eigenvalue weighted by Gasteiger charge is 2.20. The first-order valence-corrected chi connectivity index (χ1v) is 9.54. The number of aromatic amines is 2. The van der Waals surface area contributed by atoms with E-state index in [9.17, 15) is 5.11 Å². The molecule has 6 nitrogen and oxygen atoms in total. The fraction of sp³-hybridized carbons (Fsp3) is 0.227. The van der Waals surface area contributed by atoms with Crippen LogP contribution in [-0.4, -0.2) is 37.2 Å². The molecule has 1 radical (unpaired) electrons. The standard InChI is InChI=1S/C22H22N5O/c1-3-13-10-15(28)5-7-16(13)14-4-6-17-19(11-14)25-26-21(17)22-23-18-8-9-27(2)12-20(18)24-22/h4-7,9-11,28H,3,8,12H2,1-2H3,(H,23,24)(H,25,26). The van der Waals surface area contributed by atoms with E-state index < -0.39 is 0 Å². The minimum atomic E-state index is 0.301. The Morgan fingerprint density at radius 3 is 2.93 bits per heavy atom. The molecule has 0 aliphatic carbocycles. The second kappa shape index (κ2) is 6.49. The molecule has 3 heterocycles. The first kappa shape index (κ1) is 17.0. The Morgan fingerprint density at radius 2 is 2.07 bits per heavy atom. The molecule has 0 atom stereocenters. The number of benzene rings is 2. The van der Waals surface area contributed by atoms with E-state index in [2.05, 4.69) is 58.8 Å². The average molecular weight is 372 g/mol. The van der Waals surface area contributed by atoms with Gasteiger partial charge in [-0.25, -0.2) is 4.98 Å². The summed E-state index contributed by atoms with van der Waals surface area (Å²) in [5, 5.41) is 18.5. The Labute approximate surface area is 163 Å². The van der Waals surface area contributed by atoms with Crippen molar-refractivity contribution in [2.45, 2.75) is 26.3 Å². The van der Waals surface area contributed by atoms with E-state index in [1.54, 1.807) is 6.07 Å². The molecule has 0 amide bonds. The largest absolute Gasteiger partial charge is 0.508 e. The maximum Gasteiger partial charge on any atom is 0.159 e. The van der Waals surface area contributed by atoms with E-state index >= 15 is 0 Å². The molecule has 2 aromatic carbocycles. The fourth-order valence-electron chi connectivity index (χ4n) is 3.94. The number of aryl methyl sites for hydroxylation is 1. The summed E-state index contributed by atoms with van der Waals surface area (Å²) in [6.07, 6.45) is 1.70. The number of nitrogens with zero attached hydrogens (tertiary/aromatic N) is 3. The minimum absolute atomic E-state index is 0.301. The predicted molar refractivity (Wildman–Crippen MR) is 110 cm³/mol. The van der Waals surface area contributed by atoms with E-state index in [0.29, 0.717) is 5.75 Å². The van der Waals surface area contributed by atoms with E-state index in [1.165, 1.54) is 0 Å². The Hall–Kier alpha value is -3.12. The monoisotopic (exact) mass is 372 g/mol. The van der Waals surface area contributed by atoms with Crippen LogP contribution in [0.1, 0.15) is 23.9 Å². The molecule has 141 valence electrons. The lowest BCUT2D eigenvalue weighted by atomic mass is 9.97. The van der Waals surface area contributed by atoms with Gasteiger partial charge in [-0.05, 0) is 54.4 Å². The van der Waals surface area contributed by atoms with Gasteiger partial charge in [0.2, 0.25) is 0 Å². The number of aromatic nitrogens is 4. The van der Waals surface area contributed by atoms with Crippen LogP contribution in [-0.2, 0) is 19.4 Å². The Morgan fingerprint density at radius 1 is 1.18 bits per heavy atom. The first-order chi connectivity index (χ1) is 13.6. The third-order valence-electron chi connectivity index (χ3n) is 5.44. The van der Waals surface area contributed by atoms with Crippen molar-refractivity contribution >= 4 is 10.9 Å². The van der Waals surface area contributed by atoms with Crippen molar-refractivity contribution in [2.24, 2.45) is 0 Å². The van der Waals surface area contributed by atoms with Crippen molar-refractivity contribution in [1.29, 1.82) is 0 Å². The summed E-state index contributed by atoms with van der Waals surface area (Å²) in [5.74, 6) is 1.11. The number of nitrogens with one attached hydrogen (secondary N) is 2. The zero-order chi connectivity index (χ0) is 19.3. The molecular formula is C22H22N5O. The SMILES string of the molecule is CCc1cc(O)ccc1-c1ccc2c(-c3nc4c([nH]3)CN(C)[CH]C4)n[nH]c2c1. The summed E-state index contributed by atoms with van der Waals surface area (Å²) in [4.78, 5) is 10.4. The summed E-state index contributed by atoms with van der Waals surface area (Å²) >= 11 is 0. The van der Waals surface area contributed by atoms with Gasteiger partial charge in [0.15, 0.2) is 5.82 Å². The lowest BCUT2D eigenvalue weighted by Gasteiger charge is -2.19. The molecule has 0 saturated carbocycles. The van der Waals surface area contributed by atoms with Gasteiger partial charge in [-0.3, -0.25) is 10.00 Å². The molecular weight excluding hydrogens is 350 g/mol. The van der Waals surface area contributed by atoms with Gasteiger partial charge < -0.3 is 10.1 Å². The summed E-state index contributed by atoms with van der Waals surface area (Å²) in [7, 11) is 2.07. The summed E-state index contributed by atoms with van der Waals surface area (Å²) in [6, 6.07) is 11.9. The van der Waals surface area contributed by atoms with Gasteiger partial charge in [-0.15, -0.1) is 0 Å². The quantitative estimate of drug-likeness (QED) is 0.507. The van der Waals surface area contributed by atoms with Crippen molar-refractivity contribution in [3.63, 3.8) is 0 Å². The maximum absolute atomic E-state index is 9.77. The van der Waals surface area contributed by atoms with Crippen LogP contribution in [0.15, 0.2) is 36.4 Å². The van der Waals surface area contributed by atoms with Gasteiger partial charge in [0, 0.05) is 24.9 Å². The van der Waals surface area contributed by atoms with Gasteiger partial charge in [-0.1, -0.05) is 19.1 Å². The van der Waals surface area contributed by atoms with Crippen molar-refractivity contribution in [3.8, 4) is 28.4 Å². The zero-order valence-electron chi connectivity index (χ0n) is 16.0. The molecule has 0 bridgehead atoms. The van der Waals surface area contributed by atoms with Crippen LogP contribution in [0, 0.1) is 6.54 Å². The molecule has 0 spiro atoms. The van der Waals surface area contributed by atoms with Crippen LogP contribution >= 0.6 is 0 Å². The number of hydrogen-bond donors (Lipinski definition) is 3. The number of H-pyrrole nitrogens is 2. The average Bonchev–Trinajstić information content (AvgIpc) is 3.30. The summed E-state index contributed by atoms with van der Waals surface area (Å²) in [6.45, 7) is 5.10. The predicted octanol–water partition coefficient (Wildman–Crippen LogP) is 4.04. The van der Waals surface area contributed by atoms with Crippen molar-refractivity contribution in [2.75, 3.05) is 7.05 Å². The molecule has 4 aromatic rings. The van der Waals surface area contributed by atoms with Crippen LogP contribution in [0.25, 0.3) is 33.5 Å². The van der Waals surface area contributed by atoms with Crippen molar-refractivity contribution in [3.05, 3.63) is 59.9 Å². The van der Waals surface area contributed by atoms with Gasteiger partial charge in [0.25, 0.3) is 0 Å². The molecule has 6 heteroatoms. The molecule has 28 heavy (non-hydrogen) atoms. The summed E-state index contributed by atoms with van der Waals surface area (Å²) < 4.78 is 0. The molecule has 5 rings (SSSR count). The smallest absolute Gasteiger partial charge is 0.159 e. The van der Waals surface area contributed by atoms with E-state index in [4.69, 9.17) is 4.98 Å². The number of phenols is 1. The van der Waals surface area contributed by atoms with E-state index in [0.717, 1.165) is 69.9 Å². The van der Waals surface area contributed by atoms with Gasteiger partial charge in [-0.2, -0.15) is 5.10 Å². The van der Waals surface area contributed by atoms with E-state index in [1.807, 2.05) is 12.1 Å². The number of fused-ring (bicyclic) bond motifs is 2. The number of rotatable bonds is 3. The third kappa shape index (κ3) is 2.77. The highest BCUT2D eigenvalue weighted by molar-refractivity contribution is 5.94. The highest BCUT2D eigenvalue weighted by atomic mass is 16.3. The third-order valence-corrected chi connectivity index (χ3v) is 5.44. The number of hydrogen-bond acceptors (Lipinski definition) is 4. The number of likely N-dealkylation sites (N-methyl/N-ethyl adjacent to an activating group) is 1. The molecule has 0 fully saturated rings. The number of imidazole rings is 1. The molecule has 0 unspecified atom stereocenters. The maximum atomic E-state index is 9.77. The van der Waals surface area contributed by atoms with Crippen LogP contribution in [0.4, 0.5) is 0 Å². The Kier molecular flexibility index (Phi) is 3.94. The normalized spacial score (nSPS) is 14.5. The van der Waals surface area contributed by atoms with Crippen molar-refractivity contribution in [1.82, 2.24) is 25.1 Å². The van der Waals surface area contributed by atoms with Crippen LogP contribution in [0.5, 0.6) is 5.75 Å². The molecule has 3 N–H and O–H groups in total. The summed E-state index contributed by atoms with van der Waals surface area (Å²) in [5.41, 5.74) is 7.43. The highest BCUT2D eigenvalue weighted by Crippen LogP contribution is 2.32. The second-order valence-corrected chi connectivity index (χ2v) is 7.34. The molecule has 1 aliphatic heterocycles. The van der Waals surface area contributed by atoms with Crippen LogP contribution < -0.4 is 0 Å². The van der Waals surface area contributed by atoms with Crippen LogP contribution in [0.2, 0.25) is 0 Å². The molecule has 0 saturated heterocycles. The topological polar surface area (TPSA) is 80.8 Å². The van der Waals surface area contributed by atoms with Gasteiger partial charge >= 0.3 is 0 Å². The fourth-order valence-corrected chi connectivity index (χ4v) is 3.94. The second-order valence-electron chi connectivity index (χ2n) is 7.34. The molecule has 2 aromatic heterocycles. The first-order valence-electron chi connectivity index (χ1n) is 9.54. The van der Waals surface area contributed by atoms with Crippen LogP contribution in [0.3, 0.4) is 0 Å². The number of phenolic OH excluding ortho intramolecular Hbond substituents is 1. The Balaban J connectivity index is 1.56.